The maximum Gasteiger partial charge on any atom is 0.246 e. The molecule has 1 fully saturated rings. The van der Waals surface area contributed by atoms with Gasteiger partial charge in [0.05, 0.1) is 48.7 Å². The molecule has 0 aliphatic carbocycles. The molecule has 5 heterocycles. The second-order valence-electron chi connectivity index (χ2n) is 12.5. The number of fused-ring (bicyclic) bond motifs is 4. The highest BCUT2D eigenvalue weighted by molar-refractivity contribution is 7.18. The number of aromatic hydroxyl groups is 2. The molecule has 4 aromatic carbocycles. The number of aliphatic hydroxyl groups is 2. The predicted octanol–water partition coefficient (Wildman–Crippen LogP) is 6.08. The van der Waals surface area contributed by atoms with Crippen LogP contribution >= 0.6 is 22.7 Å². The maximum atomic E-state index is 13.1. The lowest BCUT2D eigenvalue weighted by atomic mass is 9.75. The Bertz CT molecular complexity index is 2270. The van der Waals surface area contributed by atoms with E-state index in [4.69, 9.17) is 4.74 Å². The van der Waals surface area contributed by atoms with E-state index in [0.717, 1.165) is 49.4 Å². The first-order chi connectivity index (χ1) is 24.7. The molecule has 11 nitrogen and oxygen atoms in total. The highest BCUT2D eigenvalue weighted by Crippen LogP contribution is 2.49. The summed E-state index contributed by atoms with van der Waals surface area (Å²) >= 11 is 3.02. The van der Waals surface area contributed by atoms with Crippen molar-refractivity contribution in [3.05, 3.63) is 105 Å². The van der Waals surface area contributed by atoms with Crippen molar-refractivity contribution in [2.24, 2.45) is 0 Å². The summed E-state index contributed by atoms with van der Waals surface area (Å²) in [6, 6.07) is 21.3. The van der Waals surface area contributed by atoms with Gasteiger partial charge in [-0.05, 0) is 62.1 Å². The summed E-state index contributed by atoms with van der Waals surface area (Å²) < 4.78 is 6.75. The van der Waals surface area contributed by atoms with Crippen molar-refractivity contribution in [1.29, 1.82) is 0 Å². The number of nitrogens with one attached hydrogen (secondary N) is 1. The molecule has 3 aliphatic heterocycles. The minimum atomic E-state index is -1.45. The van der Waals surface area contributed by atoms with E-state index >= 15 is 0 Å². The quantitative estimate of drug-likeness (QED) is 0.145. The molecule has 2 amide bonds. The van der Waals surface area contributed by atoms with E-state index < -0.39 is 30.6 Å². The van der Waals surface area contributed by atoms with Crippen LogP contribution < -0.4 is 10.2 Å². The van der Waals surface area contributed by atoms with Gasteiger partial charge in [0.1, 0.15) is 23.6 Å². The largest absolute Gasteiger partial charge is 0.508 e. The smallest absolute Gasteiger partial charge is 0.246 e. The number of amides is 2. The zero-order chi connectivity index (χ0) is 35.9. The molecule has 1 saturated heterocycles. The first-order valence-corrected chi connectivity index (χ1v) is 18.1. The van der Waals surface area contributed by atoms with E-state index in [2.05, 4.69) is 15.3 Å². The van der Waals surface area contributed by atoms with Crippen LogP contribution in [0, 0.1) is 13.8 Å². The highest BCUT2D eigenvalue weighted by Gasteiger charge is 2.53. The number of benzene rings is 4. The fourth-order valence-electron chi connectivity index (χ4n) is 6.94. The molecule has 6 aromatic rings. The number of hydrogen-bond acceptors (Lipinski definition) is 11. The number of carbonyl (C=O) groups is 2. The molecule has 13 heteroatoms. The number of hydrogen-bond donors (Lipinski definition) is 5. The minimum Gasteiger partial charge on any atom is -0.508 e. The van der Waals surface area contributed by atoms with Crippen molar-refractivity contribution in [1.82, 2.24) is 9.97 Å². The minimum absolute atomic E-state index is 0.102. The second kappa shape index (κ2) is 14.0. The van der Waals surface area contributed by atoms with Crippen LogP contribution in [0.15, 0.2) is 72.8 Å². The number of aromatic nitrogens is 2. The first kappa shape index (κ1) is 34.5. The van der Waals surface area contributed by atoms with Crippen LogP contribution in [0.2, 0.25) is 0 Å². The van der Waals surface area contributed by atoms with Crippen LogP contribution in [0.3, 0.4) is 0 Å². The fourth-order valence-corrected chi connectivity index (χ4v) is 8.64. The zero-order valence-electron chi connectivity index (χ0n) is 27.9. The van der Waals surface area contributed by atoms with Crippen molar-refractivity contribution in [2.75, 3.05) is 36.8 Å². The molecule has 2 atom stereocenters. The molecule has 5 N–H and O–H groups in total. The second-order valence-corrected chi connectivity index (χ2v) is 14.9. The number of nitrogens with zero attached hydrogens (tertiary/aromatic N) is 3. The van der Waals surface area contributed by atoms with Crippen LogP contribution in [0.25, 0.3) is 20.4 Å². The highest BCUT2D eigenvalue weighted by atomic mass is 32.1. The number of anilines is 2. The molecule has 2 aromatic heterocycles. The summed E-state index contributed by atoms with van der Waals surface area (Å²) in [6.45, 7) is 4.78. The molecule has 262 valence electrons. The molecular formula is C38H36N4O7S2. The average Bonchev–Trinajstić information content (AvgIpc) is 3.95. The van der Waals surface area contributed by atoms with Crippen molar-refractivity contribution in [3.8, 4) is 11.5 Å². The van der Waals surface area contributed by atoms with Crippen LogP contribution in [0.5, 0.6) is 11.5 Å². The fraction of sp³-hybridized carbons (Fsp3) is 0.263. The molecule has 51 heavy (non-hydrogen) atoms. The molecule has 0 radical (unpaired) electrons. The summed E-state index contributed by atoms with van der Waals surface area (Å²) in [7, 11) is 0. The third kappa shape index (κ3) is 6.10. The van der Waals surface area contributed by atoms with Gasteiger partial charge in [0, 0.05) is 42.2 Å². The Morgan fingerprint density at radius 3 is 2.10 bits per heavy atom. The van der Waals surface area contributed by atoms with E-state index in [1.54, 1.807) is 47.7 Å². The van der Waals surface area contributed by atoms with Gasteiger partial charge in [0.25, 0.3) is 0 Å². The van der Waals surface area contributed by atoms with Crippen LogP contribution in [0.4, 0.5) is 11.4 Å². The van der Waals surface area contributed by atoms with Crippen molar-refractivity contribution >= 4 is 66.3 Å². The summed E-state index contributed by atoms with van der Waals surface area (Å²) in [6.07, 6.45) is 2.56. The number of phenolic OH excluding ortho intramolecular Hbond substituents is 2. The molecular weight excluding hydrogens is 689 g/mol. The van der Waals surface area contributed by atoms with Gasteiger partial charge in [-0.2, -0.15) is 0 Å². The van der Waals surface area contributed by atoms with Gasteiger partial charge >= 0.3 is 0 Å². The van der Waals surface area contributed by atoms with Crippen molar-refractivity contribution < 1.29 is 34.8 Å². The Morgan fingerprint density at radius 2 is 1.45 bits per heavy atom. The maximum absolute atomic E-state index is 13.1. The van der Waals surface area contributed by atoms with Gasteiger partial charge in [-0.3, -0.25) is 14.5 Å². The standard InChI is InChI=1S/C18H16N2O4S.C16H12N2O2S.C4H8O/c1-10-19-13-7-15(23)12(6-16(13)25-10)18(8-21)11-4-2-3-5-14(11)20(9-22)17(18)24;1-8-17-12-7-13(19)10(6-14(12)21-8)15-9-4-2-3-5-11(9)18-16(15)20;1-2-4-5-3-1/h2-7,21-23H,8-9H2,1H3;2-7,15,19H,1H3,(H,18,20);1-4H2. The summed E-state index contributed by atoms with van der Waals surface area (Å²) in [5, 5.41) is 45.5. The Morgan fingerprint density at radius 1 is 0.824 bits per heavy atom. The Labute approximate surface area is 301 Å². The van der Waals surface area contributed by atoms with Crippen molar-refractivity contribution in [2.45, 2.75) is 38.0 Å². The lowest BCUT2D eigenvalue weighted by molar-refractivity contribution is -0.123. The van der Waals surface area contributed by atoms with Gasteiger partial charge < -0.3 is 30.5 Å². The van der Waals surface area contributed by atoms with E-state index in [-0.39, 0.29) is 17.4 Å². The number of aliphatic hydroxyl groups excluding tert-OH is 2. The van der Waals surface area contributed by atoms with E-state index in [0.29, 0.717) is 27.9 Å². The molecule has 9 rings (SSSR count). The SMILES string of the molecule is C1CCOC1.Cc1nc2cc(O)c(C3(CO)C(=O)N(CO)c4ccccc43)cc2s1.Cc1nc2cc(O)c(C3C(=O)Nc4ccccc43)cc2s1. The number of aryl methyl sites for hydroxylation is 2. The molecule has 3 aliphatic rings. The predicted molar refractivity (Wildman–Crippen MR) is 198 cm³/mol. The van der Waals surface area contributed by atoms with E-state index in [1.807, 2.05) is 44.2 Å². The average molecular weight is 725 g/mol. The number of thiazole rings is 2. The van der Waals surface area contributed by atoms with Gasteiger partial charge in [-0.25, -0.2) is 9.97 Å². The number of rotatable bonds is 4. The third-order valence-corrected chi connectivity index (χ3v) is 11.2. The summed E-state index contributed by atoms with van der Waals surface area (Å²) in [5.74, 6) is -1.02. The third-order valence-electron chi connectivity index (χ3n) is 9.29. The molecule has 0 bridgehead atoms. The lowest BCUT2D eigenvalue weighted by Gasteiger charge is -2.27. The van der Waals surface area contributed by atoms with Gasteiger partial charge in [-0.1, -0.05) is 36.4 Å². The first-order valence-electron chi connectivity index (χ1n) is 16.5. The number of phenols is 2. The normalized spacial score (nSPS) is 19.0. The Hall–Kier alpha value is -4.92. The van der Waals surface area contributed by atoms with Crippen LogP contribution in [0.1, 0.15) is 51.0 Å². The lowest BCUT2D eigenvalue weighted by Crippen LogP contribution is -2.44. The number of carbonyl (C=O) groups excluding carboxylic acids is 2. The number of ether oxygens (including phenoxy) is 1. The summed E-state index contributed by atoms with van der Waals surface area (Å²) in [5.41, 5.74) is 3.73. The van der Waals surface area contributed by atoms with Crippen molar-refractivity contribution in [3.63, 3.8) is 0 Å². The Balaban J connectivity index is 0.000000141. The molecule has 0 spiro atoms. The molecule has 0 saturated carbocycles. The summed E-state index contributed by atoms with van der Waals surface area (Å²) in [4.78, 5) is 35.3. The van der Waals surface area contributed by atoms with Gasteiger partial charge in [0.15, 0.2) is 0 Å². The van der Waals surface area contributed by atoms with Gasteiger partial charge in [0.2, 0.25) is 11.8 Å². The number of para-hydroxylation sites is 2. The van der Waals surface area contributed by atoms with Gasteiger partial charge in [-0.15, -0.1) is 22.7 Å². The molecule has 2 unspecified atom stereocenters. The van der Waals surface area contributed by atoms with E-state index in [9.17, 15) is 30.0 Å². The van der Waals surface area contributed by atoms with E-state index in [1.165, 1.54) is 35.1 Å². The monoisotopic (exact) mass is 724 g/mol. The zero-order valence-corrected chi connectivity index (χ0v) is 29.6. The van der Waals surface area contributed by atoms with Crippen LogP contribution in [-0.2, 0) is 19.7 Å². The van der Waals surface area contributed by atoms with Crippen LogP contribution in [-0.4, -0.2) is 68.8 Å². The Kier molecular flexibility index (Phi) is 9.48. The topological polar surface area (TPSA) is 165 Å².